The van der Waals surface area contributed by atoms with Crippen LogP contribution in [0.2, 0.25) is 0 Å². The lowest BCUT2D eigenvalue weighted by molar-refractivity contribution is -0.255. The third-order valence-electron chi connectivity index (χ3n) is 2.06. The predicted octanol–water partition coefficient (Wildman–Crippen LogP) is 0.975. The molecule has 12 heavy (non-hydrogen) atoms. The fourth-order valence-electron chi connectivity index (χ4n) is 1.18. The van der Waals surface area contributed by atoms with E-state index >= 15 is 0 Å². The van der Waals surface area contributed by atoms with Gasteiger partial charge >= 0.3 is 0 Å². The zero-order chi connectivity index (χ0) is 9.30. The van der Waals surface area contributed by atoms with Crippen molar-refractivity contribution >= 4 is 5.97 Å². The molecule has 0 atom stereocenters. The van der Waals surface area contributed by atoms with Gasteiger partial charge in [-0.3, -0.25) is 0 Å². The van der Waals surface area contributed by atoms with Crippen molar-refractivity contribution in [2.45, 2.75) is 20.8 Å². The molecule has 1 aromatic carbocycles. The summed E-state index contributed by atoms with van der Waals surface area (Å²) in [5.74, 6) is -1.10. The number of aryl methyl sites for hydroxylation is 3. The molecule has 2 heteroatoms. The molecule has 0 aliphatic rings. The van der Waals surface area contributed by atoms with Gasteiger partial charge in [-0.2, -0.15) is 0 Å². The lowest BCUT2D eigenvalue weighted by Gasteiger charge is -2.09. The van der Waals surface area contributed by atoms with E-state index in [4.69, 9.17) is 0 Å². The molecule has 0 unspecified atom stereocenters. The molecule has 0 aromatic heterocycles. The minimum atomic E-state index is -1.10. The Kier molecular flexibility index (Phi) is 2.18. The average molecular weight is 163 g/mol. The largest absolute Gasteiger partial charge is 0.545 e. The van der Waals surface area contributed by atoms with Gasteiger partial charge in [0.1, 0.15) is 0 Å². The fourth-order valence-corrected chi connectivity index (χ4v) is 1.18. The molecule has 0 bridgehead atoms. The molecule has 0 aliphatic heterocycles. The van der Waals surface area contributed by atoms with Crippen molar-refractivity contribution in [1.82, 2.24) is 0 Å². The maximum atomic E-state index is 10.6. The van der Waals surface area contributed by atoms with Gasteiger partial charge in [-0.25, -0.2) is 0 Å². The second-order valence-corrected chi connectivity index (χ2v) is 3.04. The van der Waals surface area contributed by atoms with E-state index < -0.39 is 5.97 Å². The van der Waals surface area contributed by atoms with E-state index in [0.717, 1.165) is 16.7 Å². The quantitative estimate of drug-likeness (QED) is 0.619. The molecule has 64 valence electrons. The minimum absolute atomic E-state index is 0.290. The molecule has 0 heterocycles. The van der Waals surface area contributed by atoms with E-state index in [1.807, 2.05) is 19.9 Å². The van der Waals surface area contributed by atoms with Crippen LogP contribution in [0.3, 0.4) is 0 Å². The first-order chi connectivity index (χ1) is 5.52. The standard InChI is InChI=1S/C10H12O2/c1-6-4-8(3)9(10(11)12)5-7(6)2/h4-5H,1-3H3,(H,11,12)/p-1. The number of rotatable bonds is 1. The number of hydrogen-bond donors (Lipinski definition) is 0. The van der Waals surface area contributed by atoms with E-state index in [1.165, 1.54) is 0 Å². The van der Waals surface area contributed by atoms with E-state index in [1.54, 1.807) is 13.0 Å². The lowest BCUT2D eigenvalue weighted by Crippen LogP contribution is -2.23. The third-order valence-corrected chi connectivity index (χ3v) is 2.06. The van der Waals surface area contributed by atoms with Gasteiger partial charge in [-0.05, 0) is 43.5 Å². The SMILES string of the molecule is Cc1cc(C)c(C(=O)[O-])cc1C. The molecule has 0 saturated carbocycles. The molecule has 0 N–H and O–H groups in total. The Morgan fingerprint density at radius 2 is 1.58 bits per heavy atom. The van der Waals surface area contributed by atoms with Crippen molar-refractivity contribution in [3.8, 4) is 0 Å². The number of carboxylic acid groups (broad SMARTS) is 1. The second-order valence-electron chi connectivity index (χ2n) is 3.04. The predicted molar refractivity (Wildman–Crippen MR) is 45.0 cm³/mol. The van der Waals surface area contributed by atoms with Crippen LogP contribution in [0.4, 0.5) is 0 Å². The molecule has 0 spiro atoms. The maximum absolute atomic E-state index is 10.6. The zero-order valence-electron chi connectivity index (χ0n) is 7.47. The van der Waals surface area contributed by atoms with Crippen molar-refractivity contribution in [2.24, 2.45) is 0 Å². The van der Waals surface area contributed by atoms with Crippen LogP contribution in [0, 0.1) is 20.8 Å². The first kappa shape index (κ1) is 8.78. The summed E-state index contributed by atoms with van der Waals surface area (Å²) in [6.45, 7) is 5.63. The number of carbonyl (C=O) groups is 1. The van der Waals surface area contributed by atoms with Crippen molar-refractivity contribution < 1.29 is 9.90 Å². The normalized spacial score (nSPS) is 9.92. The maximum Gasteiger partial charge on any atom is 0.0718 e. The van der Waals surface area contributed by atoms with Crippen LogP contribution >= 0.6 is 0 Å². The highest BCUT2D eigenvalue weighted by atomic mass is 16.4. The summed E-state index contributed by atoms with van der Waals surface area (Å²) in [6.07, 6.45) is 0. The van der Waals surface area contributed by atoms with Gasteiger partial charge in [-0.1, -0.05) is 6.07 Å². The van der Waals surface area contributed by atoms with Gasteiger partial charge in [0.2, 0.25) is 0 Å². The molecule has 0 radical (unpaired) electrons. The Balaban J connectivity index is 3.33. The number of carboxylic acids is 1. The number of hydrogen-bond acceptors (Lipinski definition) is 2. The number of benzene rings is 1. The van der Waals surface area contributed by atoms with Gasteiger partial charge in [-0.15, -0.1) is 0 Å². The fraction of sp³-hybridized carbons (Fsp3) is 0.300. The van der Waals surface area contributed by atoms with Crippen LogP contribution in [0.25, 0.3) is 0 Å². The molecule has 2 nitrogen and oxygen atoms in total. The summed E-state index contributed by atoms with van der Waals surface area (Å²) in [7, 11) is 0. The molecule has 0 fully saturated rings. The van der Waals surface area contributed by atoms with Crippen LogP contribution in [0.1, 0.15) is 27.0 Å². The topological polar surface area (TPSA) is 40.1 Å². The van der Waals surface area contributed by atoms with Crippen LogP contribution < -0.4 is 5.11 Å². The summed E-state index contributed by atoms with van der Waals surface area (Å²) in [4.78, 5) is 10.6. The molecule has 0 saturated heterocycles. The number of aromatic carboxylic acids is 1. The van der Waals surface area contributed by atoms with Crippen molar-refractivity contribution in [1.29, 1.82) is 0 Å². The monoisotopic (exact) mass is 163 g/mol. The Hall–Kier alpha value is -1.31. The minimum Gasteiger partial charge on any atom is -0.545 e. The van der Waals surface area contributed by atoms with Crippen molar-refractivity contribution in [2.75, 3.05) is 0 Å². The van der Waals surface area contributed by atoms with E-state index in [0.29, 0.717) is 0 Å². The summed E-state index contributed by atoms with van der Waals surface area (Å²) >= 11 is 0. The highest BCUT2D eigenvalue weighted by Crippen LogP contribution is 2.14. The Labute approximate surface area is 71.8 Å². The third kappa shape index (κ3) is 1.47. The average Bonchev–Trinajstić information content (AvgIpc) is 1.96. The summed E-state index contributed by atoms with van der Waals surface area (Å²) in [5.41, 5.74) is 3.15. The first-order valence-corrected chi connectivity index (χ1v) is 3.81. The molecule has 0 amide bonds. The van der Waals surface area contributed by atoms with Gasteiger partial charge in [0.05, 0.1) is 5.97 Å². The Morgan fingerprint density at radius 3 is 2.08 bits per heavy atom. The second kappa shape index (κ2) is 2.97. The van der Waals surface area contributed by atoms with E-state index in [-0.39, 0.29) is 5.56 Å². The van der Waals surface area contributed by atoms with Crippen LogP contribution in [-0.4, -0.2) is 5.97 Å². The number of carbonyl (C=O) groups excluding carboxylic acids is 1. The smallest absolute Gasteiger partial charge is 0.0718 e. The summed E-state index contributed by atoms with van der Waals surface area (Å²) < 4.78 is 0. The Morgan fingerprint density at radius 1 is 1.08 bits per heavy atom. The summed E-state index contributed by atoms with van der Waals surface area (Å²) in [6, 6.07) is 3.51. The zero-order valence-corrected chi connectivity index (χ0v) is 7.47. The van der Waals surface area contributed by atoms with Gasteiger partial charge in [0.25, 0.3) is 0 Å². The van der Waals surface area contributed by atoms with Gasteiger partial charge < -0.3 is 9.90 Å². The molecule has 1 aromatic rings. The first-order valence-electron chi connectivity index (χ1n) is 3.81. The molecule has 0 aliphatic carbocycles. The highest BCUT2D eigenvalue weighted by Gasteiger charge is 2.01. The van der Waals surface area contributed by atoms with Crippen LogP contribution in [0.15, 0.2) is 12.1 Å². The molecular formula is C10H11O2-. The van der Waals surface area contributed by atoms with Crippen LogP contribution in [0.5, 0.6) is 0 Å². The van der Waals surface area contributed by atoms with Crippen molar-refractivity contribution in [3.63, 3.8) is 0 Å². The molecule has 1 rings (SSSR count). The highest BCUT2D eigenvalue weighted by molar-refractivity contribution is 5.87. The summed E-state index contributed by atoms with van der Waals surface area (Å²) in [5, 5.41) is 10.6. The molecular weight excluding hydrogens is 152 g/mol. The van der Waals surface area contributed by atoms with Gasteiger partial charge in [0.15, 0.2) is 0 Å². The van der Waals surface area contributed by atoms with Crippen molar-refractivity contribution in [3.05, 3.63) is 34.4 Å². The Bertz CT molecular complexity index is 327. The van der Waals surface area contributed by atoms with Crippen LogP contribution in [-0.2, 0) is 0 Å². The van der Waals surface area contributed by atoms with E-state index in [9.17, 15) is 9.90 Å². The van der Waals surface area contributed by atoms with Gasteiger partial charge in [0, 0.05) is 5.56 Å². The van der Waals surface area contributed by atoms with E-state index in [2.05, 4.69) is 0 Å². The lowest BCUT2D eigenvalue weighted by atomic mass is 10.0.